The number of alkyl halides is 12. The van der Waals surface area contributed by atoms with E-state index in [1.807, 2.05) is 48.5 Å². The van der Waals surface area contributed by atoms with Gasteiger partial charge in [-0.25, -0.2) is 0 Å². The lowest BCUT2D eigenvalue weighted by atomic mass is 9.75. The maximum absolute atomic E-state index is 14.0. The Morgan fingerprint density at radius 3 is 1.03 bits per heavy atom. The van der Waals surface area contributed by atoms with Crippen molar-refractivity contribution >= 4 is 134 Å². The van der Waals surface area contributed by atoms with Gasteiger partial charge in [-0.1, -0.05) is 107 Å². The molecule has 14 nitrogen and oxygen atoms in total. The first-order valence-corrected chi connectivity index (χ1v) is 32.9. The third-order valence-electron chi connectivity index (χ3n) is 19.5. The Balaban J connectivity index is 0.000000360. The second kappa shape index (κ2) is 34.7. The van der Waals surface area contributed by atoms with Gasteiger partial charge in [-0.3, -0.25) is 28.8 Å². The average molecular weight is 1630 g/mol. The van der Waals surface area contributed by atoms with Gasteiger partial charge in [0.2, 0.25) is 11.8 Å². The van der Waals surface area contributed by atoms with Crippen molar-refractivity contribution in [2.75, 3.05) is 80.5 Å². The predicted octanol–water partition coefficient (Wildman–Crippen LogP) is 15.2. The fourth-order valence-corrected chi connectivity index (χ4v) is 14.6. The summed E-state index contributed by atoms with van der Waals surface area (Å²) in [4.78, 5) is 85.7. The molecule has 4 heterocycles. The molecule has 4 aliphatic heterocycles. The number of nitrogens with zero attached hydrogens (tertiary/aromatic N) is 6. The van der Waals surface area contributed by atoms with Crippen LogP contribution in [0.3, 0.4) is 0 Å². The first kappa shape index (κ1) is 88.3. The van der Waals surface area contributed by atoms with Gasteiger partial charge in [0.1, 0.15) is 0 Å². The van der Waals surface area contributed by atoms with Crippen LogP contribution in [-0.4, -0.2) is 158 Å². The molecule has 568 valence electrons. The van der Waals surface area contributed by atoms with Crippen molar-refractivity contribution in [3.63, 3.8) is 0 Å². The van der Waals surface area contributed by atoms with Crippen LogP contribution in [0.5, 0.6) is 0 Å². The molecule has 6 amide bonds. The van der Waals surface area contributed by atoms with Crippen molar-refractivity contribution in [1.29, 1.82) is 0 Å². The van der Waals surface area contributed by atoms with Gasteiger partial charge in [0, 0.05) is 91.7 Å². The number of carbonyl (C=O) groups is 6. The molecule has 2 saturated heterocycles. The van der Waals surface area contributed by atoms with Crippen LogP contribution in [0.15, 0.2) is 133 Å². The summed E-state index contributed by atoms with van der Waals surface area (Å²) in [6, 6.07) is 31.0. The van der Waals surface area contributed by atoms with Gasteiger partial charge in [-0.2, -0.15) is 79.7 Å². The molecule has 0 aromatic heterocycles. The Kier molecular flexibility index (Phi) is 29.5. The number of halogens is 18. The lowest BCUT2D eigenvalue weighted by molar-refractivity contribution is -0.185. The van der Waals surface area contributed by atoms with E-state index in [4.69, 9.17) is 46.4 Å². The molecule has 0 aliphatic carbocycles. The fourth-order valence-electron chi connectivity index (χ4n) is 14.1. The highest BCUT2D eigenvalue weighted by atomic mass is 35.5. The fraction of sp³-hybridized carbons (Fsp3) is 0.400. The zero-order valence-corrected chi connectivity index (χ0v) is 62.7. The van der Waals surface area contributed by atoms with Gasteiger partial charge >= 0.3 is 36.5 Å². The number of hydrogen-bond acceptors (Lipinski definition) is 8. The first-order chi connectivity index (χ1) is 46.7. The largest absolute Gasteiger partial charge is 0.471 e. The van der Waals surface area contributed by atoms with Gasteiger partial charge in [-0.15, -0.1) is 24.8 Å². The second-order valence-electron chi connectivity index (χ2n) is 25.6. The van der Waals surface area contributed by atoms with E-state index in [2.05, 4.69) is 20.4 Å². The van der Waals surface area contributed by atoms with Gasteiger partial charge in [0.15, 0.2) is 0 Å². The first-order valence-electron chi connectivity index (χ1n) is 31.4. The molecule has 2 atom stereocenters. The number of carbonyl (C=O) groups excluding carboxylic acids is 6. The predicted molar refractivity (Wildman–Crippen MR) is 387 cm³/mol. The summed E-state index contributed by atoms with van der Waals surface area (Å²) < 4.78 is 162. The SMILES string of the molecule is CN(C[C@](CCN1CCC2(CC1)NC(=O)Cc1ccccc12)(c1ccc(Cl)c(Cl)c1)N(C)C(=O)c1ccc(C(F)(F)F)cc1)C(=O)C(F)(F)F.CN(C[C@](CCN1CCC2(CC1)NC(=O)Cc1ccccc12)(c1ccc(Cl)c(Cl)c1)N(C)C(=O)c1ccc(C(F)(F)F)cc1)C(=O)C(F)(F)F.Cl.Cl.S.S. The monoisotopic (exact) mass is 1620 g/mol. The molecule has 0 radical (unpaired) electrons. The topological polar surface area (TPSA) is 146 Å². The number of piperidine rings is 2. The van der Waals surface area contributed by atoms with Crippen molar-refractivity contribution in [2.45, 2.75) is 98.2 Å². The van der Waals surface area contributed by atoms with Gasteiger partial charge in [0.25, 0.3) is 11.8 Å². The smallest absolute Gasteiger partial charge is 0.346 e. The summed E-state index contributed by atoms with van der Waals surface area (Å²) in [5, 5.41) is 6.69. The Morgan fingerprint density at radius 2 is 0.740 bits per heavy atom. The number of likely N-dealkylation sites (N-methyl/N-ethyl adjacent to an activating group) is 4. The van der Waals surface area contributed by atoms with Crippen LogP contribution in [0.1, 0.15) is 104 Å². The van der Waals surface area contributed by atoms with E-state index < -0.39 is 94.7 Å². The minimum absolute atomic E-state index is 0. The van der Waals surface area contributed by atoms with E-state index in [1.54, 1.807) is 0 Å². The normalized spacial score (nSPS) is 16.8. The van der Waals surface area contributed by atoms with E-state index >= 15 is 0 Å². The van der Waals surface area contributed by atoms with Crippen LogP contribution >= 0.6 is 98.2 Å². The number of likely N-dealkylation sites (tertiary alicyclic amines) is 2. The van der Waals surface area contributed by atoms with Crippen LogP contribution in [0.2, 0.25) is 20.1 Å². The Labute approximate surface area is 639 Å². The summed E-state index contributed by atoms with van der Waals surface area (Å²) in [5.41, 5.74) is -2.29. The van der Waals surface area contributed by atoms with Crippen LogP contribution in [0.25, 0.3) is 0 Å². The molecule has 0 unspecified atom stereocenters. The summed E-state index contributed by atoms with van der Waals surface area (Å²) >= 11 is 25.2. The zero-order valence-electron chi connectivity index (χ0n) is 56.0. The summed E-state index contributed by atoms with van der Waals surface area (Å²) in [5.74, 6) is -6.06. The molecule has 2 fully saturated rings. The standard InChI is InChI=1S/2C35H34Cl2F6N4O3.2ClH.2H2S/c2*1-45(31(50)35(41,42)43)21-33(25-11-12-27(36)28(37)20-25,46(2)30(49)22-7-9-24(10-8-22)34(38,39)40)15-18-47-16-13-32(14-17-47)26-6-4-3-5-23(26)19-29(48)44-32;;;;/h2*3-12,20H,13-19,21H2,1-2H3,(H,44,48);2*1H;2*1H2/t2*33-;;;;/m11..../s1. The van der Waals surface area contributed by atoms with Gasteiger partial charge < -0.3 is 40.0 Å². The number of rotatable bonds is 16. The third kappa shape index (κ3) is 19.5. The molecular weight excluding hydrogens is 1550 g/mol. The van der Waals surface area contributed by atoms with Crippen LogP contribution in [0, 0.1) is 0 Å². The molecular formula is C70H74Cl6F12N8O6S2. The summed E-state index contributed by atoms with van der Waals surface area (Å²) in [6.45, 7) is 1.11. The Hall–Kier alpha value is -6.34. The second-order valence-corrected chi connectivity index (χ2v) is 27.3. The maximum atomic E-state index is 14.0. The highest BCUT2D eigenvalue weighted by molar-refractivity contribution is 7.59. The van der Waals surface area contributed by atoms with E-state index in [1.165, 1.54) is 50.5 Å². The number of hydrogen-bond donors (Lipinski definition) is 2. The van der Waals surface area contributed by atoms with E-state index in [0.717, 1.165) is 94.7 Å². The zero-order chi connectivity index (χ0) is 73.3. The Bertz CT molecular complexity index is 3800. The minimum Gasteiger partial charge on any atom is -0.346 e. The highest BCUT2D eigenvalue weighted by Gasteiger charge is 2.51. The maximum Gasteiger partial charge on any atom is 0.471 e. The summed E-state index contributed by atoms with van der Waals surface area (Å²) in [7, 11) is 4.58. The van der Waals surface area contributed by atoms with Crippen molar-refractivity contribution in [1.82, 2.24) is 40.0 Å². The molecule has 6 aromatic carbocycles. The van der Waals surface area contributed by atoms with Gasteiger partial charge in [-0.05, 0) is 145 Å². The molecule has 6 aromatic rings. The number of amides is 6. The third-order valence-corrected chi connectivity index (χ3v) is 21.0. The molecule has 34 heteroatoms. The quantitative estimate of drug-likeness (QED) is 0.0911. The highest BCUT2D eigenvalue weighted by Crippen LogP contribution is 2.45. The van der Waals surface area contributed by atoms with Crippen molar-refractivity contribution in [3.05, 3.63) is 209 Å². The Morgan fingerprint density at radius 1 is 0.442 bits per heavy atom. The molecule has 2 spiro atoms. The molecule has 10 rings (SSSR count). The molecule has 104 heavy (non-hydrogen) atoms. The number of nitrogens with one attached hydrogen (secondary N) is 2. The molecule has 2 N–H and O–H groups in total. The van der Waals surface area contributed by atoms with Crippen molar-refractivity contribution < 1.29 is 81.5 Å². The average Bonchev–Trinajstić information content (AvgIpc) is 0.771. The minimum atomic E-state index is -5.23. The molecule has 4 aliphatic rings. The van der Waals surface area contributed by atoms with Crippen molar-refractivity contribution in [3.8, 4) is 0 Å². The van der Waals surface area contributed by atoms with Crippen LogP contribution in [0.4, 0.5) is 52.7 Å². The van der Waals surface area contributed by atoms with E-state index in [-0.39, 0.29) is 145 Å². The van der Waals surface area contributed by atoms with Gasteiger partial charge in [0.05, 0.1) is 66.2 Å². The summed E-state index contributed by atoms with van der Waals surface area (Å²) in [6.07, 6.45) is -17.1. The van der Waals surface area contributed by atoms with E-state index in [0.29, 0.717) is 61.7 Å². The van der Waals surface area contributed by atoms with Crippen LogP contribution < -0.4 is 10.6 Å². The molecule has 0 bridgehead atoms. The van der Waals surface area contributed by atoms with Crippen molar-refractivity contribution in [2.24, 2.45) is 0 Å². The lowest BCUT2D eigenvalue weighted by Gasteiger charge is -2.48. The lowest BCUT2D eigenvalue weighted by Crippen LogP contribution is -2.58. The van der Waals surface area contributed by atoms with Crippen LogP contribution in [-0.2, 0) is 66.5 Å². The van der Waals surface area contributed by atoms with E-state index in [9.17, 15) is 81.5 Å². The molecule has 0 saturated carbocycles. The number of fused-ring (bicyclic) bond motifs is 4. The number of benzene rings is 6.